The number of benzene rings is 2. The maximum absolute atomic E-state index is 11.6. The fourth-order valence-electron chi connectivity index (χ4n) is 4.96. The van der Waals surface area contributed by atoms with E-state index in [-0.39, 0.29) is 5.97 Å². The summed E-state index contributed by atoms with van der Waals surface area (Å²) in [6.07, 6.45) is 8.10. The number of esters is 1. The minimum Gasteiger partial charge on any atom is -0.494 e. The normalized spacial score (nSPS) is 17.9. The van der Waals surface area contributed by atoms with Crippen molar-refractivity contribution in [2.75, 3.05) is 33.4 Å². The second kappa shape index (κ2) is 14.1. The third-order valence-corrected chi connectivity index (χ3v) is 6.88. The first kappa shape index (κ1) is 27.9. The fraction of sp³-hybridized carbons (Fsp3) is 0.484. The highest BCUT2D eigenvalue weighted by atomic mass is 16.5. The molecule has 1 aliphatic heterocycles. The first-order valence-electron chi connectivity index (χ1n) is 13.8. The number of carbonyl (C=O) groups excluding carboxylic acids is 1. The van der Waals surface area contributed by atoms with Gasteiger partial charge in [-0.1, -0.05) is 43.0 Å². The molecule has 3 aromatic rings. The summed E-state index contributed by atoms with van der Waals surface area (Å²) in [7, 11) is 1.37. The average Bonchev–Trinajstić information content (AvgIpc) is 3.42. The highest BCUT2D eigenvalue weighted by Crippen LogP contribution is 2.28. The van der Waals surface area contributed by atoms with Crippen molar-refractivity contribution in [3.05, 3.63) is 60.2 Å². The van der Waals surface area contributed by atoms with Crippen molar-refractivity contribution in [1.29, 1.82) is 0 Å². The molecule has 7 heteroatoms. The van der Waals surface area contributed by atoms with E-state index in [0.717, 1.165) is 43.0 Å². The van der Waals surface area contributed by atoms with Gasteiger partial charge in [0.15, 0.2) is 5.76 Å². The maximum atomic E-state index is 11.6. The van der Waals surface area contributed by atoms with Crippen LogP contribution in [0.5, 0.6) is 5.75 Å². The molecule has 0 unspecified atom stereocenters. The molecule has 2 atom stereocenters. The zero-order chi connectivity index (χ0) is 26.7. The Morgan fingerprint density at radius 1 is 0.895 bits per heavy atom. The Hall–Kier alpha value is -3.16. The summed E-state index contributed by atoms with van der Waals surface area (Å²) >= 11 is 0. The van der Waals surface area contributed by atoms with Gasteiger partial charge in [-0.25, -0.2) is 4.79 Å². The number of aromatic nitrogens is 1. The number of methoxy groups -OCH3 is 1. The van der Waals surface area contributed by atoms with Crippen LogP contribution in [-0.2, 0) is 9.47 Å². The van der Waals surface area contributed by atoms with E-state index in [4.69, 9.17) is 18.7 Å². The van der Waals surface area contributed by atoms with Gasteiger partial charge in [0.2, 0.25) is 0 Å². The Labute approximate surface area is 226 Å². The summed E-state index contributed by atoms with van der Waals surface area (Å²) in [4.78, 5) is 14.2. The standard InChI is InChI=1S/C31H40N2O5/c1-23-21-33(22-24(2)37-23)18-8-6-4-5-7-9-19-36-28-16-14-26(15-17-28)30-20-29(32-38-30)25-10-12-27(13-11-25)31(34)35-3/h10-17,20,23-24H,4-9,18-19,21-22H2,1-3H3/t23-,24+. The molecule has 2 aromatic carbocycles. The summed E-state index contributed by atoms with van der Waals surface area (Å²) in [6, 6.07) is 16.9. The molecule has 0 saturated carbocycles. The first-order valence-corrected chi connectivity index (χ1v) is 13.8. The molecular weight excluding hydrogens is 480 g/mol. The number of rotatable bonds is 13. The largest absolute Gasteiger partial charge is 0.494 e. The van der Waals surface area contributed by atoms with E-state index in [1.54, 1.807) is 12.1 Å². The van der Waals surface area contributed by atoms with E-state index in [9.17, 15) is 4.79 Å². The molecule has 1 aromatic heterocycles. The van der Waals surface area contributed by atoms with E-state index in [0.29, 0.717) is 29.2 Å². The van der Waals surface area contributed by atoms with Crippen molar-refractivity contribution in [1.82, 2.24) is 10.1 Å². The monoisotopic (exact) mass is 520 g/mol. The van der Waals surface area contributed by atoms with E-state index in [2.05, 4.69) is 23.9 Å². The van der Waals surface area contributed by atoms with Gasteiger partial charge in [-0.2, -0.15) is 0 Å². The Morgan fingerprint density at radius 2 is 1.53 bits per heavy atom. The van der Waals surface area contributed by atoms with Crippen molar-refractivity contribution in [3.63, 3.8) is 0 Å². The van der Waals surface area contributed by atoms with Crippen LogP contribution in [0.1, 0.15) is 62.7 Å². The molecule has 4 rings (SSSR count). The summed E-state index contributed by atoms with van der Waals surface area (Å²) in [5, 5.41) is 4.18. The number of hydrogen-bond acceptors (Lipinski definition) is 7. The molecule has 0 aliphatic carbocycles. The third kappa shape index (κ3) is 8.17. The smallest absolute Gasteiger partial charge is 0.337 e. The number of unbranched alkanes of at least 4 members (excludes halogenated alkanes) is 5. The van der Waals surface area contributed by atoms with Crippen molar-refractivity contribution in [2.24, 2.45) is 0 Å². The lowest BCUT2D eigenvalue weighted by molar-refractivity contribution is -0.0681. The zero-order valence-electron chi connectivity index (χ0n) is 22.9. The molecule has 7 nitrogen and oxygen atoms in total. The molecule has 1 saturated heterocycles. The Kier molecular flexibility index (Phi) is 10.4. The second-order valence-electron chi connectivity index (χ2n) is 10.2. The molecule has 2 heterocycles. The molecule has 1 fully saturated rings. The van der Waals surface area contributed by atoms with Gasteiger partial charge in [-0.15, -0.1) is 0 Å². The number of morpholine rings is 1. The maximum Gasteiger partial charge on any atom is 0.337 e. The van der Waals surface area contributed by atoms with Crippen LogP contribution < -0.4 is 4.74 Å². The van der Waals surface area contributed by atoms with E-state index < -0.39 is 0 Å². The van der Waals surface area contributed by atoms with Gasteiger partial charge >= 0.3 is 5.97 Å². The van der Waals surface area contributed by atoms with Crippen molar-refractivity contribution >= 4 is 5.97 Å². The molecule has 1 aliphatic rings. The minimum absolute atomic E-state index is 0.357. The number of ether oxygens (including phenoxy) is 3. The van der Waals surface area contributed by atoms with E-state index in [1.807, 2.05) is 42.5 Å². The van der Waals surface area contributed by atoms with Crippen LogP contribution in [-0.4, -0.2) is 61.6 Å². The first-order chi connectivity index (χ1) is 18.5. The predicted molar refractivity (Wildman–Crippen MR) is 148 cm³/mol. The summed E-state index contributed by atoms with van der Waals surface area (Å²) in [5.74, 6) is 1.18. The number of hydrogen-bond donors (Lipinski definition) is 0. The lowest BCUT2D eigenvalue weighted by Crippen LogP contribution is -2.45. The van der Waals surface area contributed by atoms with Crippen molar-refractivity contribution in [3.8, 4) is 28.3 Å². The minimum atomic E-state index is -0.362. The fourth-order valence-corrected chi connectivity index (χ4v) is 4.96. The Morgan fingerprint density at radius 3 is 2.21 bits per heavy atom. The summed E-state index contributed by atoms with van der Waals surface area (Å²) < 4.78 is 22.0. The van der Waals surface area contributed by atoms with Gasteiger partial charge in [0, 0.05) is 30.3 Å². The Bertz CT molecular complexity index is 1120. The second-order valence-corrected chi connectivity index (χ2v) is 10.2. The summed E-state index contributed by atoms with van der Waals surface area (Å²) in [5.41, 5.74) is 3.01. The number of carbonyl (C=O) groups is 1. The molecular formula is C31H40N2O5. The SMILES string of the molecule is COC(=O)c1ccc(-c2cc(-c3ccc(OCCCCCCCCN4C[C@@H](C)O[C@@H](C)C4)cc3)on2)cc1. The predicted octanol–water partition coefficient (Wildman–Crippen LogP) is 6.62. The van der Waals surface area contributed by atoms with Crippen LogP contribution >= 0.6 is 0 Å². The summed E-state index contributed by atoms with van der Waals surface area (Å²) in [6.45, 7) is 8.39. The van der Waals surface area contributed by atoms with Gasteiger partial charge in [0.05, 0.1) is 31.5 Å². The van der Waals surface area contributed by atoms with Crippen LogP contribution in [0.4, 0.5) is 0 Å². The topological polar surface area (TPSA) is 74.0 Å². The van der Waals surface area contributed by atoms with Crippen LogP contribution in [0, 0.1) is 0 Å². The lowest BCUT2D eigenvalue weighted by Gasteiger charge is -2.35. The van der Waals surface area contributed by atoms with Gasteiger partial charge in [0.25, 0.3) is 0 Å². The van der Waals surface area contributed by atoms with Crippen LogP contribution in [0.25, 0.3) is 22.6 Å². The zero-order valence-corrected chi connectivity index (χ0v) is 22.9. The van der Waals surface area contributed by atoms with Crippen LogP contribution in [0.2, 0.25) is 0 Å². The van der Waals surface area contributed by atoms with E-state index in [1.165, 1.54) is 45.8 Å². The van der Waals surface area contributed by atoms with Gasteiger partial charge < -0.3 is 18.7 Å². The Balaban J connectivity index is 1.11. The van der Waals surface area contributed by atoms with Gasteiger partial charge in [-0.05, 0) is 69.6 Å². The van der Waals surface area contributed by atoms with Crippen molar-refractivity contribution in [2.45, 2.75) is 64.6 Å². The molecule has 0 spiro atoms. The van der Waals surface area contributed by atoms with Crippen LogP contribution in [0.15, 0.2) is 59.1 Å². The highest BCUT2D eigenvalue weighted by Gasteiger charge is 2.21. The quantitative estimate of drug-likeness (QED) is 0.185. The highest BCUT2D eigenvalue weighted by molar-refractivity contribution is 5.89. The van der Waals surface area contributed by atoms with Crippen LogP contribution in [0.3, 0.4) is 0 Å². The lowest BCUT2D eigenvalue weighted by atomic mass is 10.1. The van der Waals surface area contributed by atoms with E-state index >= 15 is 0 Å². The molecule has 0 amide bonds. The molecule has 38 heavy (non-hydrogen) atoms. The van der Waals surface area contributed by atoms with Gasteiger partial charge in [-0.3, -0.25) is 4.90 Å². The average molecular weight is 521 g/mol. The molecule has 204 valence electrons. The third-order valence-electron chi connectivity index (χ3n) is 6.88. The van der Waals surface area contributed by atoms with Crippen molar-refractivity contribution < 1.29 is 23.5 Å². The number of nitrogens with zero attached hydrogens (tertiary/aromatic N) is 2. The van der Waals surface area contributed by atoms with Gasteiger partial charge in [0.1, 0.15) is 11.4 Å². The molecule has 0 N–H and O–H groups in total. The molecule has 0 radical (unpaired) electrons. The molecule has 0 bridgehead atoms.